The number of halogens is 2. The van der Waals surface area contributed by atoms with Gasteiger partial charge in [-0.3, -0.25) is 0 Å². The standard InChI is InChI=1S/C14H15Cl2N3/c1-3-13-18-12(16)8-14(19-13)17-9(2)10-6-4-5-7-11(10)15/h4-9H,3H2,1-2H3,(H,17,18,19). The summed E-state index contributed by atoms with van der Waals surface area (Å²) in [6, 6.07) is 9.50. The summed E-state index contributed by atoms with van der Waals surface area (Å²) in [6.07, 6.45) is 0.746. The van der Waals surface area contributed by atoms with E-state index in [-0.39, 0.29) is 6.04 Å². The van der Waals surface area contributed by atoms with Crippen molar-refractivity contribution in [3.8, 4) is 0 Å². The number of rotatable bonds is 4. The van der Waals surface area contributed by atoms with Gasteiger partial charge in [-0.05, 0) is 18.6 Å². The minimum Gasteiger partial charge on any atom is -0.363 e. The molecule has 1 heterocycles. The van der Waals surface area contributed by atoms with Gasteiger partial charge >= 0.3 is 0 Å². The number of aryl methyl sites for hydroxylation is 1. The fourth-order valence-corrected chi connectivity index (χ4v) is 2.32. The molecule has 0 aliphatic rings. The predicted molar refractivity (Wildman–Crippen MR) is 79.9 cm³/mol. The lowest BCUT2D eigenvalue weighted by atomic mass is 10.1. The maximum atomic E-state index is 6.18. The summed E-state index contributed by atoms with van der Waals surface area (Å²) in [5.41, 5.74) is 1.02. The first-order valence-electron chi connectivity index (χ1n) is 6.14. The Hall–Kier alpha value is -1.32. The summed E-state index contributed by atoms with van der Waals surface area (Å²) in [5.74, 6) is 1.44. The van der Waals surface area contributed by atoms with Crippen molar-refractivity contribution >= 4 is 29.0 Å². The van der Waals surface area contributed by atoms with Crippen LogP contribution in [0, 0.1) is 0 Å². The maximum absolute atomic E-state index is 6.18. The van der Waals surface area contributed by atoms with Crippen molar-refractivity contribution in [2.24, 2.45) is 0 Å². The van der Waals surface area contributed by atoms with E-state index in [1.165, 1.54) is 0 Å². The Morgan fingerprint density at radius 3 is 2.63 bits per heavy atom. The normalized spacial score (nSPS) is 12.2. The van der Waals surface area contributed by atoms with Crippen LogP contribution in [-0.2, 0) is 6.42 Å². The third-order valence-corrected chi connectivity index (χ3v) is 3.33. The molecule has 0 saturated carbocycles. The van der Waals surface area contributed by atoms with E-state index in [4.69, 9.17) is 23.2 Å². The fourth-order valence-electron chi connectivity index (χ4n) is 1.82. The molecule has 2 aromatic rings. The van der Waals surface area contributed by atoms with Crippen molar-refractivity contribution in [2.45, 2.75) is 26.3 Å². The minimum absolute atomic E-state index is 0.0457. The Bertz CT molecular complexity index is 572. The Morgan fingerprint density at radius 2 is 1.95 bits per heavy atom. The van der Waals surface area contributed by atoms with Gasteiger partial charge in [0.25, 0.3) is 0 Å². The molecule has 0 spiro atoms. The van der Waals surface area contributed by atoms with Crippen molar-refractivity contribution < 1.29 is 0 Å². The van der Waals surface area contributed by atoms with Crippen molar-refractivity contribution in [1.29, 1.82) is 0 Å². The van der Waals surface area contributed by atoms with Crippen LogP contribution in [0.5, 0.6) is 0 Å². The first-order valence-corrected chi connectivity index (χ1v) is 6.90. The van der Waals surface area contributed by atoms with Crippen LogP contribution in [0.2, 0.25) is 10.2 Å². The zero-order valence-corrected chi connectivity index (χ0v) is 12.3. The van der Waals surface area contributed by atoms with Crippen LogP contribution in [0.4, 0.5) is 5.82 Å². The highest BCUT2D eigenvalue weighted by Gasteiger charge is 2.10. The number of nitrogens with zero attached hydrogens (tertiary/aromatic N) is 2. The van der Waals surface area contributed by atoms with E-state index < -0.39 is 0 Å². The highest BCUT2D eigenvalue weighted by Crippen LogP contribution is 2.25. The first-order chi connectivity index (χ1) is 9.10. The second kappa shape index (κ2) is 6.22. The molecule has 1 unspecified atom stereocenters. The Labute approximate surface area is 123 Å². The van der Waals surface area contributed by atoms with Gasteiger partial charge < -0.3 is 5.32 Å². The fraction of sp³-hybridized carbons (Fsp3) is 0.286. The zero-order chi connectivity index (χ0) is 13.8. The molecule has 19 heavy (non-hydrogen) atoms. The first kappa shape index (κ1) is 14.1. The molecule has 1 aromatic heterocycles. The smallest absolute Gasteiger partial charge is 0.134 e. The molecule has 0 aliphatic heterocycles. The van der Waals surface area contributed by atoms with Crippen LogP contribution in [-0.4, -0.2) is 9.97 Å². The van der Waals surface area contributed by atoms with Crippen molar-refractivity contribution in [3.63, 3.8) is 0 Å². The quantitative estimate of drug-likeness (QED) is 0.843. The number of hydrogen-bond donors (Lipinski definition) is 1. The van der Waals surface area contributed by atoms with Gasteiger partial charge in [0.05, 0.1) is 6.04 Å². The molecule has 1 atom stereocenters. The summed E-state index contributed by atoms with van der Waals surface area (Å²) < 4.78 is 0. The minimum atomic E-state index is 0.0457. The van der Waals surface area contributed by atoms with Crippen LogP contribution < -0.4 is 5.32 Å². The molecule has 1 N–H and O–H groups in total. The van der Waals surface area contributed by atoms with Crippen molar-refractivity contribution in [3.05, 3.63) is 51.9 Å². The van der Waals surface area contributed by atoms with E-state index in [0.29, 0.717) is 11.0 Å². The van der Waals surface area contributed by atoms with Gasteiger partial charge in [-0.1, -0.05) is 48.3 Å². The molecule has 3 nitrogen and oxygen atoms in total. The van der Waals surface area contributed by atoms with Gasteiger partial charge in [-0.25, -0.2) is 9.97 Å². The van der Waals surface area contributed by atoms with Gasteiger partial charge in [-0.15, -0.1) is 0 Å². The molecule has 1 aromatic carbocycles. The largest absolute Gasteiger partial charge is 0.363 e. The highest BCUT2D eigenvalue weighted by molar-refractivity contribution is 6.31. The molecular weight excluding hydrogens is 281 g/mol. The summed E-state index contributed by atoms with van der Waals surface area (Å²) in [6.45, 7) is 4.02. The third-order valence-electron chi connectivity index (χ3n) is 2.79. The summed E-state index contributed by atoms with van der Waals surface area (Å²) in [7, 11) is 0. The number of nitrogens with one attached hydrogen (secondary N) is 1. The van der Waals surface area contributed by atoms with E-state index in [1.54, 1.807) is 6.07 Å². The highest BCUT2D eigenvalue weighted by atomic mass is 35.5. The molecule has 0 amide bonds. The second-order valence-corrected chi connectivity index (χ2v) is 5.03. The molecule has 2 rings (SSSR count). The third kappa shape index (κ3) is 3.58. The van der Waals surface area contributed by atoms with Crippen molar-refractivity contribution in [1.82, 2.24) is 9.97 Å². The molecule has 0 bridgehead atoms. The zero-order valence-electron chi connectivity index (χ0n) is 10.8. The topological polar surface area (TPSA) is 37.8 Å². The Kier molecular flexibility index (Phi) is 4.61. The average Bonchev–Trinajstić information content (AvgIpc) is 2.38. The molecule has 0 aliphatic carbocycles. The van der Waals surface area contributed by atoms with Crippen LogP contribution >= 0.6 is 23.2 Å². The Morgan fingerprint density at radius 1 is 1.21 bits per heavy atom. The van der Waals surface area contributed by atoms with E-state index in [0.717, 1.165) is 22.8 Å². The average molecular weight is 296 g/mol. The predicted octanol–water partition coefficient (Wildman–Crippen LogP) is 4.52. The lowest BCUT2D eigenvalue weighted by Gasteiger charge is -2.16. The molecular formula is C14H15Cl2N3. The van der Waals surface area contributed by atoms with Gasteiger partial charge in [0, 0.05) is 17.5 Å². The Balaban J connectivity index is 2.21. The molecule has 0 saturated heterocycles. The molecule has 100 valence electrons. The maximum Gasteiger partial charge on any atom is 0.134 e. The number of aromatic nitrogens is 2. The summed E-state index contributed by atoms with van der Waals surface area (Å²) in [5, 5.41) is 4.47. The lowest BCUT2D eigenvalue weighted by Crippen LogP contribution is -2.09. The molecule has 0 radical (unpaired) electrons. The van der Waals surface area contributed by atoms with E-state index in [2.05, 4.69) is 15.3 Å². The molecule has 5 heteroatoms. The van der Waals surface area contributed by atoms with Gasteiger partial charge in [0.15, 0.2) is 0 Å². The number of hydrogen-bond acceptors (Lipinski definition) is 3. The van der Waals surface area contributed by atoms with E-state index in [9.17, 15) is 0 Å². The summed E-state index contributed by atoms with van der Waals surface area (Å²) in [4.78, 5) is 8.54. The van der Waals surface area contributed by atoms with Gasteiger partial charge in [0.2, 0.25) is 0 Å². The SMILES string of the molecule is CCc1nc(Cl)cc(NC(C)c2ccccc2Cl)n1. The van der Waals surface area contributed by atoms with Crippen LogP contribution in [0.1, 0.15) is 31.3 Å². The van der Waals surface area contributed by atoms with Crippen LogP contribution in [0.15, 0.2) is 30.3 Å². The molecule has 0 fully saturated rings. The monoisotopic (exact) mass is 295 g/mol. The van der Waals surface area contributed by atoms with Crippen molar-refractivity contribution in [2.75, 3.05) is 5.32 Å². The summed E-state index contributed by atoms with van der Waals surface area (Å²) >= 11 is 12.1. The number of anilines is 1. The van der Waals surface area contributed by atoms with Crippen LogP contribution in [0.25, 0.3) is 0 Å². The number of benzene rings is 1. The van der Waals surface area contributed by atoms with E-state index in [1.807, 2.05) is 38.1 Å². The van der Waals surface area contributed by atoms with Crippen LogP contribution in [0.3, 0.4) is 0 Å². The lowest BCUT2D eigenvalue weighted by molar-refractivity contribution is 0.857. The second-order valence-electron chi connectivity index (χ2n) is 4.23. The van der Waals surface area contributed by atoms with E-state index >= 15 is 0 Å². The van der Waals surface area contributed by atoms with Gasteiger partial charge in [0.1, 0.15) is 16.8 Å². The van der Waals surface area contributed by atoms with Gasteiger partial charge in [-0.2, -0.15) is 0 Å².